The highest BCUT2D eigenvalue weighted by Crippen LogP contribution is 2.15. The molecule has 0 bridgehead atoms. The largest absolute Gasteiger partial charge is 0.298 e. The molecule has 2 N–H and O–H groups in total. The lowest BCUT2D eigenvalue weighted by atomic mass is 10.2. The number of carbonyl (C=O) groups is 1. The number of hydrogen-bond donors (Lipinski definition) is 2. The van der Waals surface area contributed by atoms with Gasteiger partial charge < -0.3 is 0 Å². The van der Waals surface area contributed by atoms with Crippen LogP contribution in [0.2, 0.25) is 0 Å². The van der Waals surface area contributed by atoms with Gasteiger partial charge in [0.05, 0.1) is 16.1 Å². The maximum Gasteiger partial charge on any atom is 0.272 e. The molecule has 5 heteroatoms. The number of benzene rings is 1. The van der Waals surface area contributed by atoms with Crippen molar-refractivity contribution in [1.82, 2.24) is 10.9 Å². The minimum atomic E-state index is -0.557. The Kier molecular flexibility index (Phi) is 3.74. The van der Waals surface area contributed by atoms with Crippen molar-refractivity contribution in [3.63, 3.8) is 0 Å². The van der Waals surface area contributed by atoms with Gasteiger partial charge in [-0.1, -0.05) is 24.8 Å². The van der Waals surface area contributed by atoms with Crippen LogP contribution in [0.3, 0.4) is 0 Å². The molecule has 0 fully saturated rings. The van der Waals surface area contributed by atoms with Crippen LogP contribution in [0.25, 0.3) is 5.70 Å². The van der Waals surface area contributed by atoms with Crippen molar-refractivity contribution in [3.8, 4) is 0 Å². The minimum absolute atomic E-state index is 0.0102. The predicted octanol–water partition coefficient (Wildman–Crippen LogP) is 2.79. The third-order valence-corrected chi connectivity index (χ3v) is 3.19. The average Bonchev–Trinajstić information content (AvgIpc) is 2.90. The Hall–Kier alpha value is -2.14. The topological polar surface area (TPSA) is 41.1 Å². The molecule has 1 aromatic heterocycles. The summed E-state index contributed by atoms with van der Waals surface area (Å²) in [6, 6.07) is 9.54. The third kappa shape index (κ3) is 2.75. The van der Waals surface area contributed by atoms with Crippen LogP contribution >= 0.6 is 11.3 Å². The molecule has 92 valence electrons. The number of nitrogens with one attached hydrogen (secondary N) is 2. The average molecular weight is 262 g/mol. The molecular formula is C13H11FN2OS. The summed E-state index contributed by atoms with van der Waals surface area (Å²) in [6.07, 6.45) is 0. The fraction of sp³-hybridized carbons (Fsp3) is 0. The first-order valence-electron chi connectivity index (χ1n) is 5.22. The van der Waals surface area contributed by atoms with E-state index in [0.717, 1.165) is 4.88 Å². The molecule has 0 unspecified atom stereocenters. The van der Waals surface area contributed by atoms with Crippen LogP contribution in [-0.2, 0) is 0 Å². The van der Waals surface area contributed by atoms with Crippen molar-refractivity contribution in [1.29, 1.82) is 0 Å². The summed E-state index contributed by atoms with van der Waals surface area (Å²) in [5.74, 6) is -1.09. The Balaban J connectivity index is 1.97. The quantitative estimate of drug-likeness (QED) is 0.832. The highest BCUT2D eigenvalue weighted by Gasteiger charge is 2.10. The SMILES string of the molecule is C=C(NNC(=O)c1ccccc1F)c1cccs1. The fourth-order valence-corrected chi connectivity index (χ4v) is 2.01. The lowest BCUT2D eigenvalue weighted by molar-refractivity contribution is 0.0938. The van der Waals surface area contributed by atoms with Crippen LogP contribution in [0.5, 0.6) is 0 Å². The zero-order valence-electron chi connectivity index (χ0n) is 9.44. The summed E-state index contributed by atoms with van der Waals surface area (Å²) in [7, 11) is 0. The second-order valence-electron chi connectivity index (χ2n) is 3.51. The van der Waals surface area contributed by atoms with Gasteiger partial charge in [-0.2, -0.15) is 0 Å². The van der Waals surface area contributed by atoms with Crippen LogP contribution in [0.15, 0.2) is 48.4 Å². The Morgan fingerprint density at radius 1 is 1.17 bits per heavy atom. The normalized spacial score (nSPS) is 9.83. The van der Waals surface area contributed by atoms with Gasteiger partial charge in [-0.05, 0) is 23.6 Å². The smallest absolute Gasteiger partial charge is 0.272 e. The van der Waals surface area contributed by atoms with Crippen molar-refractivity contribution >= 4 is 22.9 Å². The number of rotatable bonds is 4. The number of hydrazine groups is 1. The first-order chi connectivity index (χ1) is 8.68. The van der Waals surface area contributed by atoms with Crippen molar-refractivity contribution in [3.05, 3.63) is 64.6 Å². The van der Waals surface area contributed by atoms with Gasteiger partial charge in [-0.25, -0.2) is 4.39 Å². The summed E-state index contributed by atoms with van der Waals surface area (Å²) >= 11 is 1.49. The van der Waals surface area contributed by atoms with E-state index in [1.807, 2.05) is 17.5 Å². The van der Waals surface area contributed by atoms with E-state index in [0.29, 0.717) is 5.70 Å². The maximum atomic E-state index is 13.3. The summed E-state index contributed by atoms with van der Waals surface area (Å²) in [4.78, 5) is 12.6. The molecule has 2 rings (SSSR count). The zero-order valence-corrected chi connectivity index (χ0v) is 10.3. The van der Waals surface area contributed by atoms with Gasteiger partial charge in [0.25, 0.3) is 5.91 Å². The molecule has 0 saturated heterocycles. The molecule has 1 aromatic carbocycles. The first-order valence-corrected chi connectivity index (χ1v) is 6.10. The van der Waals surface area contributed by atoms with Gasteiger partial charge in [-0.15, -0.1) is 11.3 Å². The predicted molar refractivity (Wildman–Crippen MR) is 70.4 cm³/mol. The van der Waals surface area contributed by atoms with Gasteiger partial charge in [0.15, 0.2) is 0 Å². The van der Waals surface area contributed by atoms with Gasteiger partial charge in [0.1, 0.15) is 5.82 Å². The maximum absolute atomic E-state index is 13.3. The number of thiophene rings is 1. The molecule has 0 atom stereocenters. The highest BCUT2D eigenvalue weighted by atomic mass is 32.1. The van der Waals surface area contributed by atoms with Crippen LogP contribution in [0.1, 0.15) is 15.2 Å². The lowest BCUT2D eigenvalue weighted by Crippen LogP contribution is -2.36. The van der Waals surface area contributed by atoms with Gasteiger partial charge in [-0.3, -0.25) is 15.6 Å². The molecule has 1 amide bonds. The molecule has 1 heterocycles. The van der Waals surface area contributed by atoms with E-state index in [2.05, 4.69) is 17.4 Å². The van der Waals surface area contributed by atoms with Crippen LogP contribution in [0.4, 0.5) is 4.39 Å². The molecule has 0 spiro atoms. The molecular weight excluding hydrogens is 251 g/mol. The Morgan fingerprint density at radius 2 is 1.94 bits per heavy atom. The van der Waals surface area contributed by atoms with Gasteiger partial charge in [0.2, 0.25) is 0 Å². The first kappa shape index (κ1) is 12.3. The highest BCUT2D eigenvalue weighted by molar-refractivity contribution is 7.11. The van der Waals surface area contributed by atoms with E-state index in [1.165, 1.54) is 29.5 Å². The number of carbonyl (C=O) groups excluding carboxylic acids is 1. The minimum Gasteiger partial charge on any atom is -0.298 e. The van der Waals surface area contributed by atoms with E-state index < -0.39 is 11.7 Å². The molecule has 0 aliphatic rings. The number of amides is 1. The summed E-state index contributed by atoms with van der Waals surface area (Å²) in [5.41, 5.74) is 5.62. The second kappa shape index (κ2) is 5.46. The van der Waals surface area contributed by atoms with Gasteiger partial charge in [0, 0.05) is 0 Å². The van der Waals surface area contributed by atoms with Crippen molar-refractivity contribution in [2.75, 3.05) is 0 Å². The molecule has 0 saturated carbocycles. The third-order valence-electron chi connectivity index (χ3n) is 2.26. The fourth-order valence-electron chi connectivity index (χ4n) is 1.36. The summed E-state index contributed by atoms with van der Waals surface area (Å²) in [5, 5.41) is 1.90. The van der Waals surface area contributed by atoms with Gasteiger partial charge >= 0.3 is 0 Å². The molecule has 0 radical (unpaired) electrons. The van der Waals surface area contributed by atoms with Crippen molar-refractivity contribution < 1.29 is 9.18 Å². The Bertz CT molecular complexity index is 566. The number of hydrogen-bond acceptors (Lipinski definition) is 3. The van der Waals surface area contributed by atoms with E-state index in [9.17, 15) is 9.18 Å². The zero-order chi connectivity index (χ0) is 13.0. The van der Waals surface area contributed by atoms with Crippen molar-refractivity contribution in [2.24, 2.45) is 0 Å². The van der Waals surface area contributed by atoms with E-state index >= 15 is 0 Å². The van der Waals surface area contributed by atoms with Crippen LogP contribution in [-0.4, -0.2) is 5.91 Å². The van der Waals surface area contributed by atoms with Crippen LogP contribution < -0.4 is 10.9 Å². The second-order valence-corrected chi connectivity index (χ2v) is 4.46. The van der Waals surface area contributed by atoms with Crippen LogP contribution in [0, 0.1) is 5.82 Å². The molecule has 0 aliphatic heterocycles. The molecule has 2 aromatic rings. The molecule has 18 heavy (non-hydrogen) atoms. The van der Waals surface area contributed by atoms with Crippen molar-refractivity contribution in [2.45, 2.75) is 0 Å². The summed E-state index contributed by atoms with van der Waals surface area (Å²) < 4.78 is 13.3. The summed E-state index contributed by atoms with van der Waals surface area (Å²) in [6.45, 7) is 3.78. The Labute approximate surface area is 108 Å². The molecule has 0 aliphatic carbocycles. The standard InChI is InChI=1S/C13H11FN2OS/c1-9(12-7-4-8-18-12)15-16-13(17)10-5-2-3-6-11(10)14/h2-8,15H,1H2,(H,16,17). The van der Waals surface area contributed by atoms with E-state index in [-0.39, 0.29) is 5.56 Å². The Morgan fingerprint density at radius 3 is 2.61 bits per heavy atom. The monoisotopic (exact) mass is 262 g/mol. The van der Waals surface area contributed by atoms with E-state index in [1.54, 1.807) is 6.07 Å². The molecule has 3 nitrogen and oxygen atoms in total. The lowest BCUT2D eigenvalue weighted by Gasteiger charge is -2.09. The van der Waals surface area contributed by atoms with E-state index in [4.69, 9.17) is 0 Å². The number of halogens is 1.